The van der Waals surface area contributed by atoms with Gasteiger partial charge in [0.25, 0.3) is 0 Å². The summed E-state index contributed by atoms with van der Waals surface area (Å²) < 4.78 is 20.9. The van der Waals surface area contributed by atoms with E-state index in [4.69, 9.17) is 18.9 Å². The van der Waals surface area contributed by atoms with Gasteiger partial charge in [0.05, 0.1) is 27.4 Å². The largest absolute Gasteiger partial charge is 0.493 e. The minimum atomic E-state index is -0.408. The van der Waals surface area contributed by atoms with Crippen LogP contribution in [0.3, 0.4) is 0 Å². The zero-order valence-corrected chi connectivity index (χ0v) is 11.0. The number of carbonyl (C=O) groups excluding carboxylic acids is 1. The topological polar surface area (TPSA) is 57.2 Å². The first-order valence-electron chi connectivity index (χ1n) is 6.01. The SMILES string of the molecule is COc1cccc(OC(=O)N2CCOCC2)c1OC. The number of rotatable bonds is 3. The summed E-state index contributed by atoms with van der Waals surface area (Å²) in [6.07, 6.45) is -0.408. The van der Waals surface area contributed by atoms with Gasteiger partial charge in [-0.25, -0.2) is 4.79 Å². The molecule has 0 aromatic heterocycles. The van der Waals surface area contributed by atoms with Gasteiger partial charge in [0.2, 0.25) is 5.75 Å². The number of hydrogen-bond donors (Lipinski definition) is 0. The highest BCUT2D eigenvalue weighted by Gasteiger charge is 2.21. The molecule has 1 aromatic rings. The molecule has 1 heterocycles. The molecule has 0 bridgehead atoms. The average Bonchev–Trinajstić information content (AvgIpc) is 2.47. The molecule has 6 nitrogen and oxygen atoms in total. The summed E-state index contributed by atoms with van der Waals surface area (Å²) in [6.45, 7) is 2.13. The van der Waals surface area contributed by atoms with E-state index in [1.54, 1.807) is 23.1 Å². The second-order valence-corrected chi connectivity index (χ2v) is 3.96. The van der Waals surface area contributed by atoms with Gasteiger partial charge in [-0.2, -0.15) is 0 Å². The van der Waals surface area contributed by atoms with E-state index in [1.807, 2.05) is 0 Å². The Labute approximate surface area is 111 Å². The maximum absolute atomic E-state index is 12.0. The summed E-state index contributed by atoms with van der Waals surface area (Å²) in [5.41, 5.74) is 0. The second-order valence-electron chi connectivity index (χ2n) is 3.96. The van der Waals surface area contributed by atoms with Gasteiger partial charge in [-0.05, 0) is 12.1 Å². The number of nitrogens with zero attached hydrogens (tertiary/aromatic N) is 1. The number of ether oxygens (including phenoxy) is 4. The first-order valence-corrected chi connectivity index (χ1v) is 6.01. The van der Waals surface area contributed by atoms with Crippen molar-refractivity contribution < 1.29 is 23.7 Å². The normalized spacial score (nSPS) is 14.9. The highest BCUT2D eigenvalue weighted by atomic mass is 16.6. The lowest BCUT2D eigenvalue weighted by Crippen LogP contribution is -2.42. The fraction of sp³-hybridized carbons (Fsp3) is 0.462. The summed E-state index contributed by atoms with van der Waals surface area (Å²) in [4.78, 5) is 13.6. The zero-order valence-electron chi connectivity index (χ0n) is 11.0. The van der Waals surface area contributed by atoms with Crippen LogP contribution in [0.5, 0.6) is 17.2 Å². The maximum Gasteiger partial charge on any atom is 0.415 e. The highest BCUT2D eigenvalue weighted by Crippen LogP contribution is 2.36. The van der Waals surface area contributed by atoms with Crippen molar-refractivity contribution in [3.05, 3.63) is 18.2 Å². The van der Waals surface area contributed by atoms with E-state index in [1.165, 1.54) is 14.2 Å². The van der Waals surface area contributed by atoms with Crippen molar-refractivity contribution in [3.8, 4) is 17.2 Å². The molecule has 0 radical (unpaired) electrons. The molecule has 0 unspecified atom stereocenters. The Morgan fingerprint density at radius 2 is 1.84 bits per heavy atom. The fourth-order valence-corrected chi connectivity index (χ4v) is 1.84. The van der Waals surface area contributed by atoms with E-state index < -0.39 is 6.09 Å². The molecule has 1 aromatic carbocycles. The van der Waals surface area contributed by atoms with Crippen LogP contribution in [0.15, 0.2) is 18.2 Å². The monoisotopic (exact) mass is 267 g/mol. The molecule has 19 heavy (non-hydrogen) atoms. The molecule has 2 rings (SSSR count). The second kappa shape index (κ2) is 6.29. The number of amides is 1. The average molecular weight is 267 g/mol. The van der Waals surface area contributed by atoms with Crippen LogP contribution in [0, 0.1) is 0 Å². The smallest absolute Gasteiger partial charge is 0.415 e. The Balaban J connectivity index is 2.11. The molecule has 1 fully saturated rings. The first-order chi connectivity index (χ1) is 9.26. The Morgan fingerprint density at radius 3 is 2.47 bits per heavy atom. The van der Waals surface area contributed by atoms with Crippen molar-refractivity contribution in [3.63, 3.8) is 0 Å². The minimum Gasteiger partial charge on any atom is -0.493 e. The summed E-state index contributed by atoms with van der Waals surface area (Å²) in [5.74, 6) is 1.28. The number of para-hydroxylation sites is 1. The summed E-state index contributed by atoms with van der Waals surface area (Å²) in [6, 6.07) is 5.15. The molecule has 6 heteroatoms. The van der Waals surface area contributed by atoms with Gasteiger partial charge in [-0.15, -0.1) is 0 Å². The molecule has 0 N–H and O–H groups in total. The Morgan fingerprint density at radius 1 is 1.16 bits per heavy atom. The van der Waals surface area contributed by atoms with Crippen molar-refractivity contribution in [2.45, 2.75) is 0 Å². The third kappa shape index (κ3) is 3.08. The van der Waals surface area contributed by atoms with Gasteiger partial charge in [0, 0.05) is 13.1 Å². The van der Waals surface area contributed by atoms with Crippen LogP contribution < -0.4 is 14.2 Å². The van der Waals surface area contributed by atoms with Gasteiger partial charge >= 0.3 is 6.09 Å². The molecule has 1 saturated heterocycles. The van der Waals surface area contributed by atoms with E-state index in [0.717, 1.165) is 0 Å². The Kier molecular flexibility index (Phi) is 4.46. The number of carbonyl (C=O) groups is 1. The lowest BCUT2D eigenvalue weighted by Gasteiger charge is -2.26. The van der Waals surface area contributed by atoms with Crippen LogP contribution >= 0.6 is 0 Å². The number of methoxy groups -OCH3 is 2. The predicted octanol–water partition coefficient (Wildman–Crippen LogP) is 1.53. The number of morpholine rings is 1. The minimum absolute atomic E-state index is 0.346. The summed E-state index contributed by atoms with van der Waals surface area (Å²) >= 11 is 0. The van der Waals surface area contributed by atoms with Crippen LogP contribution in [0.25, 0.3) is 0 Å². The standard InChI is InChI=1S/C13H17NO5/c1-16-10-4-3-5-11(12(10)17-2)19-13(15)14-6-8-18-9-7-14/h3-5H,6-9H2,1-2H3. The Bertz CT molecular complexity index is 443. The summed E-state index contributed by atoms with van der Waals surface area (Å²) in [5, 5.41) is 0. The van der Waals surface area contributed by atoms with E-state index in [2.05, 4.69) is 0 Å². The van der Waals surface area contributed by atoms with Crippen molar-refractivity contribution >= 4 is 6.09 Å². The molecular formula is C13H17NO5. The number of benzene rings is 1. The van der Waals surface area contributed by atoms with Gasteiger partial charge < -0.3 is 23.8 Å². The van der Waals surface area contributed by atoms with E-state index in [-0.39, 0.29) is 0 Å². The zero-order chi connectivity index (χ0) is 13.7. The molecule has 0 aliphatic carbocycles. The third-order valence-electron chi connectivity index (χ3n) is 2.83. The molecule has 1 amide bonds. The quantitative estimate of drug-likeness (QED) is 0.831. The van der Waals surface area contributed by atoms with Gasteiger partial charge in [-0.3, -0.25) is 0 Å². The fourth-order valence-electron chi connectivity index (χ4n) is 1.84. The first kappa shape index (κ1) is 13.5. The van der Waals surface area contributed by atoms with E-state index in [0.29, 0.717) is 43.6 Å². The summed E-state index contributed by atoms with van der Waals surface area (Å²) in [7, 11) is 3.04. The van der Waals surface area contributed by atoms with Gasteiger partial charge in [0.15, 0.2) is 11.5 Å². The maximum atomic E-state index is 12.0. The van der Waals surface area contributed by atoms with Crippen LogP contribution in [-0.2, 0) is 4.74 Å². The lowest BCUT2D eigenvalue weighted by atomic mass is 10.3. The van der Waals surface area contributed by atoms with Crippen LogP contribution in [-0.4, -0.2) is 51.5 Å². The molecular weight excluding hydrogens is 250 g/mol. The molecule has 1 aliphatic rings. The molecule has 0 spiro atoms. The van der Waals surface area contributed by atoms with Gasteiger partial charge in [0.1, 0.15) is 0 Å². The van der Waals surface area contributed by atoms with Crippen LogP contribution in [0.1, 0.15) is 0 Å². The van der Waals surface area contributed by atoms with E-state index in [9.17, 15) is 4.79 Å². The molecule has 0 saturated carbocycles. The van der Waals surface area contributed by atoms with Crippen LogP contribution in [0.2, 0.25) is 0 Å². The number of hydrogen-bond acceptors (Lipinski definition) is 5. The third-order valence-corrected chi connectivity index (χ3v) is 2.83. The van der Waals surface area contributed by atoms with Crippen molar-refractivity contribution in [2.75, 3.05) is 40.5 Å². The van der Waals surface area contributed by atoms with E-state index >= 15 is 0 Å². The van der Waals surface area contributed by atoms with Crippen LogP contribution in [0.4, 0.5) is 4.79 Å². The molecule has 0 atom stereocenters. The lowest BCUT2D eigenvalue weighted by molar-refractivity contribution is 0.0413. The highest BCUT2D eigenvalue weighted by molar-refractivity contribution is 5.72. The predicted molar refractivity (Wildman–Crippen MR) is 68.0 cm³/mol. The van der Waals surface area contributed by atoms with Crippen molar-refractivity contribution in [1.29, 1.82) is 0 Å². The van der Waals surface area contributed by atoms with Crippen molar-refractivity contribution in [1.82, 2.24) is 4.90 Å². The van der Waals surface area contributed by atoms with Gasteiger partial charge in [-0.1, -0.05) is 6.07 Å². The molecule has 1 aliphatic heterocycles. The van der Waals surface area contributed by atoms with Crippen molar-refractivity contribution in [2.24, 2.45) is 0 Å². The Hall–Kier alpha value is -1.95. The molecule has 104 valence electrons.